The standard InChI is InChI=1S/C18H17N7O/c1-12-5-2-3-6-13(12)25-17(10-20-16-9-15(19)21-11-22-16)23-24-8-4-7-14(24)18(25)26/h2-9,11H,10H2,1H3,(H3,19,20,21,22). The minimum atomic E-state index is -0.127. The molecule has 0 saturated heterocycles. The SMILES string of the molecule is Cc1ccccc1-n1c(CNc2cc(N)ncn2)nn2cccc2c1=O. The highest BCUT2D eigenvalue weighted by Gasteiger charge is 2.14. The number of aryl methyl sites for hydroxylation is 1. The van der Waals surface area contributed by atoms with Crippen molar-refractivity contribution >= 4 is 17.2 Å². The molecule has 0 bridgehead atoms. The van der Waals surface area contributed by atoms with Gasteiger partial charge in [-0.2, -0.15) is 5.10 Å². The molecule has 0 unspecified atom stereocenters. The Morgan fingerprint density at radius 1 is 1.15 bits per heavy atom. The van der Waals surface area contributed by atoms with Gasteiger partial charge in [0.25, 0.3) is 5.56 Å². The fourth-order valence-corrected chi connectivity index (χ4v) is 2.85. The van der Waals surface area contributed by atoms with Gasteiger partial charge in [-0.25, -0.2) is 14.5 Å². The van der Waals surface area contributed by atoms with Crippen molar-refractivity contribution in [3.8, 4) is 5.69 Å². The molecular weight excluding hydrogens is 330 g/mol. The van der Waals surface area contributed by atoms with Crippen molar-refractivity contribution in [2.75, 3.05) is 11.1 Å². The number of anilines is 2. The zero-order chi connectivity index (χ0) is 18.1. The van der Waals surface area contributed by atoms with Crippen molar-refractivity contribution in [1.29, 1.82) is 0 Å². The van der Waals surface area contributed by atoms with Crippen molar-refractivity contribution < 1.29 is 0 Å². The summed E-state index contributed by atoms with van der Waals surface area (Å²) in [6.07, 6.45) is 3.14. The highest BCUT2D eigenvalue weighted by atomic mass is 16.1. The van der Waals surface area contributed by atoms with Crippen LogP contribution in [0.25, 0.3) is 11.2 Å². The number of hydrogen-bond donors (Lipinski definition) is 2. The zero-order valence-electron chi connectivity index (χ0n) is 14.1. The monoisotopic (exact) mass is 347 g/mol. The third kappa shape index (κ3) is 2.77. The van der Waals surface area contributed by atoms with E-state index in [1.807, 2.05) is 31.2 Å². The van der Waals surface area contributed by atoms with Crippen molar-refractivity contribution in [3.63, 3.8) is 0 Å². The molecular formula is C18H17N7O. The third-order valence-electron chi connectivity index (χ3n) is 4.10. The molecule has 0 aliphatic carbocycles. The van der Waals surface area contributed by atoms with Gasteiger partial charge in [-0.05, 0) is 30.7 Å². The molecule has 0 aliphatic heterocycles. The lowest BCUT2D eigenvalue weighted by Gasteiger charge is -2.15. The van der Waals surface area contributed by atoms with E-state index >= 15 is 0 Å². The summed E-state index contributed by atoms with van der Waals surface area (Å²) in [6, 6.07) is 12.9. The molecule has 4 rings (SSSR count). The Hall–Kier alpha value is -3.68. The highest BCUT2D eigenvalue weighted by Crippen LogP contribution is 2.15. The molecule has 3 heterocycles. The molecule has 8 heteroatoms. The Morgan fingerprint density at radius 3 is 2.81 bits per heavy atom. The van der Waals surface area contributed by atoms with Gasteiger partial charge in [0.15, 0.2) is 5.82 Å². The molecule has 4 aromatic rings. The maximum atomic E-state index is 13.1. The molecule has 0 saturated carbocycles. The van der Waals surface area contributed by atoms with E-state index in [0.717, 1.165) is 11.3 Å². The number of para-hydroxylation sites is 1. The molecule has 0 radical (unpaired) electrons. The van der Waals surface area contributed by atoms with Crippen LogP contribution in [-0.2, 0) is 6.54 Å². The Kier molecular flexibility index (Phi) is 3.85. The molecule has 8 nitrogen and oxygen atoms in total. The predicted octanol–water partition coefficient (Wildman–Crippen LogP) is 1.78. The second-order valence-corrected chi connectivity index (χ2v) is 5.86. The number of nitrogens with zero attached hydrogens (tertiary/aromatic N) is 5. The first-order valence-electron chi connectivity index (χ1n) is 8.10. The molecule has 1 aromatic carbocycles. The zero-order valence-corrected chi connectivity index (χ0v) is 14.1. The van der Waals surface area contributed by atoms with Gasteiger partial charge < -0.3 is 11.1 Å². The van der Waals surface area contributed by atoms with Gasteiger partial charge in [0.2, 0.25) is 0 Å². The quantitative estimate of drug-likeness (QED) is 0.583. The van der Waals surface area contributed by atoms with Gasteiger partial charge in [0.05, 0.1) is 12.2 Å². The number of rotatable bonds is 4. The maximum Gasteiger partial charge on any atom is 0.282 e. The van der Waals surface area contributed by atoms with Crippen molar-refractivity contribution in [3.05, 3.63) is 76.7 Å². The van der Waals surface area contributed by atoms with E-state index in [9.17, 15) is 4.79 Å². The van der Waals surface area contributed by atoms with Crippen LogP contribution in [0.2, 0.25) is 0 Å². The number of nitrogens with one attached hydrogen (secondary N) is 1. The highest BCUT2D eigenvalue weighted by molar-refractivity contribution is 5.50. The van der Waals surface area contributed by atoms with Crippen LogP contribution in [-0.4, -0.2) is 24.1 Å². The van der Waals surface area contributed by atoms with Crippen molar-refractivity contribution in [1.82, 2.24) is 24.1 Å². The second-order valence-electron chi connectivity index (χ2n) is 5.86. The van der Waals surface area contributed by atoms with E-state index in [4.69, 9.17) is 5.73 Å². The average molecular weight is 347 g/mol. The lowest BCUT2D eigenvalue weighted by molar-refractivity contribution is 0.739. The Bertz CT molecular complexity index is 1150. The lowest BCUT2D eigenvalue weighted by atomic mass is 10.2. The first-order chi connectivity index (χ1) is 12.6. The molecule has 3 aromatic heterocycles. The largest absolute Gasteiger partial charge is 0.384 e. The van der Waals surface area contributed by atoms with Crippen LogP contribution >= 0.6 is 0 Å². The minimum Gasteiger partial charge on any atom is -0.384 e. The first kappa shape index (κ1) is 15.8. The summed E-state index contributed by atoms with van der Waals surface area (Å²) in [5.74, 6) is 1.49. The van der Waals surface area contributed by atoms with E-state index in [0.29, 0.717) is 29.5 Å². The summed E-state index contributed by atoms with van der Waals surface area (Å²) in [4.78, 5) is 21.1. The van der Waals surface area contributed by atoms with E-state index in [-0.39, 0.29) is 5.56 Å². The molecule has 130 valence electrons. The van der Waals surface area contributed by atoms with Crippen molar-refractivity contribution in [2.45, 2.75) is 13.5 Å². The van der Waals surface area contributed by atoms with E-state index in [2.05, 4.69) is 20.4 Å². The van der Waals surface area contributed by atoms with Crippen molar-refractivity contribution in [2.24, 2.45) is 0 Å². The molecule has 26 heavy (non-hydrogen) atoms. The van der Waals surface area contributed by atoms with E-state index in [1.54, 1.807) is 33.5 Å². The summed E-state index contributed by atoms with van der Waals surface area (Å²) in [5, 5.41) is 7.74. The fourth-order valence-electron chi connectivity index (χ4n) is 2.85. The number of fused-ring (bicyclic) bond motifs is 1. The summed E-state index contributed by atoms with van der Waals surface area (Å²) < 4.78 is 3.21. The van der Waals surface area contributed by atoms with Crippen LogP contribution in [0.1, 0.15) is 11.4 Å². The van der Waals surface area contributed by atoms with E-state index < -0.39 is 0 Å². The van der Waals surface area contributed by atoms with Gasteiger partial charge >= 0.3 is 0 Å². The number of nitrogen functional groups attached to an aromatic ring is 1. The van der Waals surface area contributed by atoms with Gasteiger partial charge in [-0.15, -0.1) is 0 Å². The maximum absolute atomic E-state index is 13.1. The number of benzene rings is 1. The van der Waals surface area contributed by atoms with Crippen LogP contribution in [0.5, 0.6) is 0 Å². The number of hydrogen-bond acceptors (Lipinski definition) is 6. The number of nitrogens with two attached hydrogens (primary N) is 1. The normalized spacial score (nSPS) is 11.0. The summed E-state index contributed by atoms with van der Waals surface area (Å²) >= 11 is 0. The fraction of sp³-hybridized carbons (Fsp3) is 0.111. The van der Waals surface area contributed by atoms with Crippen LogP contribution in [0.4, 0.5) is 11.6 Å². The Labute approximate surface area is 149 Å². The third-order valence-corrected chi connectivity index (χ3v) is 4.10. The summed E-state index contributed by atoms with van der Waals surface area (Å²) in [6.45, 7) is 2.26. The summed E-state index contributed by atoms with van der Waals surface area (Å²) in [5.41, 5.74) is 7.86. The minimum absolute atomic E-state index is 0.127. The molecule has 0 atom stereocenters. The van der Waals surface area contributed by atoms with Crippen LogP contribution in [0, 0.1) is 6.92 Å². The molecule has 3 N–H and O–H groups in total. The van der Waals surface area contributed by atoms with Crippen LogP contribution in [0.15, 0.2) is 59.8 Å². The van der Waals surface area contributed by atoms with Gasteiger partial charge in [0, 0.05) is 12.3 Å². The first-order valence-corrected chi connectivity index (χ1v) is 8.10. The van der Waals surface area contributed by atoms with E-state index in [1.165, 1.54) is 6.33 Å². The molecule has 0 amide bonds. The molecule has 0 fully saturated rings. The molecule has 0 aliphatic rings. The Balaban J connectivity index is 1.83. The van der Waals surface area contributed by atoms with Gasteiger partial charge in [0.1, 0.15) is 23.5 Å². The van der Waals surface area contributed by atoms with Gasteiger partial charge in [-0.1, -0.05) is 18.2 Å². The Morgan fingerprint density at radius 2 is 2.00 bits per heavy atom. The predicted molar refractivity (Wildman–Crippen MR) is 99.3 cm³/mol. The van der Waals surface area contributed by atoms with Crippen LogP contribution < -0.4 is 16.6 Å². The second kappa shape index (κ2) is 6.32. The lowest BCUT2D eigenvalue weighted by Crippen LogP contribution is -2.28. The topological polar surface area (TPSA) is 103 Å². The average Bonchev–Trinajstić information content (AvgIpc) is 3.10. The van der Waals surface area contributed by atoms with Gasteiger partial charge in [-0.3, -0.25) is 9.36 Å². The van der Waals surface area contributed by atoms with Crippen LogP contribution in [0.3, 0.4) is 0 Å². The number of aromatic nitrogens is 5. The summed E-state index contributed by atoms with van der Waals surface area (Å²) in [7, 11) is 0. The smallest absolute Gasteiger partial charge is 0.282 e. The molecule has 0 spiro atoms.